The minimum atomic E-state index is -1.47. The van der Waals surface area contributed by atoms with Crippen molar-refractivity contribution in [1.29, 1.82) is 0 Å². The van der Waals surface area contributed by atoms with E-state index in [1.807, 2.05) is 97.9 Å². The number of carbonyl (C=O) groups is 7. The molecule has 1 saturated heterocycles. The lowest BCUT2D eigenvalue weighted by atomic mass is 10.00. The molecule has 76 heavy (non-hydrogen) atoms. The van der Waals surface area contributed by atoms with Crippen molar-refractivity contribution in [2.24, 2.45) is 28.8 Å². The molecular formula is C59H83N5O12. The lowest BCUT2D eigenvalue weighted by molar-refractivity contribution is -0.174. The van der Waals surface area contributed by atoms with Gasteiger partial charge in [-0.15, -0.1) is 0 Å². The number of hydrogen-bond acceptors (Lipinski definition) is 13. The minimum Gasteiger partial charge on any atom is -0.453 e. The first-order valence-corrected chi connectivity index (χ1v) is 26.6. The summed E-state index contributed by atoms with van der Waals surface area (Å²) in [6, 6.07) is 22.4. The molecule has 416 valence electrons. The lowest BCUT2D eigenvalue weighted by Gasteiger charge is -2.36. The minimum absolute atomic E-state index is 0.0214. The molecule has 0 aromatic heterocycles. The van der Waals surface area contributed by atoms with Crippen molar-refractivity contribution in [3.63, 3.8) is 0 Å². The summed E-state index contributed by atoms with van der Waals surface area (Å²) in [4.78, 5) is 114. The fourth-order valence-electron chi connectivity index (χ4n) is 9.03. The monoisotopic (exact) mass is 1050 g/mol. The molecule has 0 aliphatic carbocycles. The highest BCUT2D eigenvalue weighted by Crippen LogP contribution is 2.25. The summed E-state index contributed by atoms with van der Waals surface area (Å²) in [5.74, 6) is -6.03. The van der Waals surface area contributed by atoms with E-state index in [1.165, 1.54) is 42.8 Å². The van der Waals surface area contributed by atoms with Crippen molar-refractivity contribution in [2.45, 2.75) is 163 Å². The second kappa shape index (κ2) is 29.5. The predicted molar refractivity (Wildman–Crippen MR) is 289 cm³/mol. The summed E-state index contributed by atoms with van der Waals surface area (Å²) in [6.45, 7) is 18.1. The number of carbonyl (C=O) groups excluding carboxylic acids is 7. The van der Waals surface area contributed by atoms with Gasteiger partial charge in [-0.2, -0.15) is 0 Å². The van der Waals surface area contributed by atoms with E-state index < -0.39 is 90.2 Å². The van der Waals surface area contributed by atoms with Crippen LogP contribution in [0.1, 0.15) is 112 Å². The number of ether oxygens (including phenoxy) is 4. The molecule has 4 rings (SSSR count). The Morgan fingerprint density at radius 2 is 0.724 bits per heavy atom. The predicted octanol–water partition coefficient (Wildman–Crippen LogP) is 7.67. The molecule has 1 unspecified atom stereocenters. The highest BCUT2D eigenvalue weighted by molar-refractivity contribution is 5.95. The number of benzene rings is 3. The first-order chi connectivity index (χ1) is 35.9. The number of nitrogens with zero attached hydrogens (tertiary/aromatic N) is 5. The molecule has 0 spiro atoms. The highest BCUT2D eigenvalue weighted by atomic mass is 16.6. The van der Waals surface area contributed by atoms with Crippen LogP contribution in [0.15, 0.2) is 96.2 Å². The van der Waals surface area contributed by atoms with E-state index in [4.69, 9.17) is 23.8 Å². The second-order valence-electron chi connectivity index (χ2n) is 21.6. The summed E-state index contributed by atoms with van der Waals surface area (Å²) < 4.78 is 24.6. The zero-order valence-electron chi connectivity index (χ0n) is 47.2. The van der Waals surface area contributed by atoms with Crippen LogP contribution in [-0.4, -0.2) is 144 Å². The standard InChI is InChI=1S/C59H83N5O12/c1-37(2)30-46-58(70)75-50(34-43-24-18-15-19-25-43)54(66)64(14)48(32-39(5)6)57(69)74-42(10)53(65)62(12)49(33-40(7)8)59(71)76-51(35-44-26-20-16-21-27-44)55(67)63(13)47(31-38(3)4)56(68)73-41(9)52(61(46)11)60-72-36-45-28-22-17-23-29-45/h15-29,37-42,46-51H,30-36H2,1-14H3/b60-52+/t41-,42-,46+,47+,48?,49+,50-,51-/m1/s1. The third-order valence-electron chi connectivity index (χ3n) is 13.3. The van der Waals surface area contributed by atoms with E-state index in [0.29, 0.717) is 11.1 Å². The number of hydrogen-bond donors (Lipinski definition) is 0. The van der Waals surface area contributed by atoms with Gasteiger partial charge in [0.1, 0.15) is 30.8 Å². The number of esters is 4. The van der Waals surface area contributed by atoms with E-state index in [9.17, 15) is 33.6 Å². The van der Waals surface area contributed by atoms with Crippen LogP contribution in [0.4, 0.5) is 0 Å². The average molecular weight is 1050 g/mol. The largest absolute Gasteiger partial charge is 0.453 e. The van der Waals surface area contributed by atoms with Crippen LogP contribution >= 0.6 is 0 Å². The van der Waals surface area contributed by atoms with E-state index in [0.717, 1.165) is 10.5 Å². The number of oxime groups is 1. The molecular weight excluding hydrogens is 971 g/mol. The first kappa shape index (κ1) is 61.8. The Kier molecular flexibility index (Phi) is 24.0. The Balaban J connectivity index is 1.95. The maximum Gasteiger partial charge on any atom is 0.329 e. The van der Waals surface area contributed by atoms with Gasteiger partial charge in [0.25, 0.3) is 17.7 Å². The Bertz CT molecular complexity index is 2400. The van der Waals surface area contributed by atoms with Crippen LogP contribution in [0.2, 0.25) is 0 Å². The van der Waals surface area contributed by atoms with Gasteiger partial charge in [-0.05, 0) is 79.9 Å². The molecule has 0 N–H and O–H groups in total. The van der Waals surface area contributed by atoms with E-state index in [2.05, 4.69) is 5.16 Å². The van der Waals surface area contributed by atoms with Crippen LogP contribution < -0.4 is 0 Å². The zero-order valence-corrected chi connectivity index (χ0v) is 47.2. The quantitative estimate of drug-likeness (QED) is 0.0820. The SMILES string of the molecule is CC(C)CC1C(=O)O[C@H](C)C(=O)N(C)[C@@H](CC(C)C)C(=O)O[C@H](Cc2ccccc2)C(=O)N(C)[C@@H](CC(C)C)C(=O)O[C@H](C)/C(=N\OCc2ccccc2)N(C)[C@@H](CC(C)C)C(=O)O[C@H](Cc2ccccc2)C(=O)N1C. The van der Waals surface area contributed by atoms with Crippen LogP contribution in [0.5, 0.6) is 0 Å². The van der Waals surface area contributed by atoms with E-state index in [-0.39, 0.29) is 74.6 Å². The van der Waals surface area contributed by atoms with Gasteiger partial charge in [-0.3, -0.25) is 14.4 Å². The normalized spacial score (nSPS) is 24.2. The average Bonchev–Trinajstić information content (AvgIpc) is 3.37. The number of amides is 3. The third-order valence-corrected chi connectivity index (χ3v) is 13.3. The van der Waals surface area contributed by atoms with Gasteiger partial charge in [-0.25, -0.2) is 19.2 Å². The highest BCUT2D eigenvalue weighted by Gasteiger charge is 2.43. The van der Waals surface area contributed by atoms with Crippen molar-refractivity contribution >= 4 is 47.4 Å². The molecule has 0 saturated carbocycles. The summed E-state index contributed by atoms with van der Waals surface area (Å²) in [5, 5.41) is 4.51. The summed E-state index contributed by atoms with van der Waals surface area (Å²) >= 11 is 0. The van der Waals surface area contributed by atoms with Crippen LogP contribution in [-0.2, 0) is 76.8 Å². The fraction of sp³-hybridized carbons (Fsp3) is 0.559. The number of cyclic esters (lactones) is 4. The lowest BCUT2D eigenvalue weighted by Crippen LogP contribution is -2.55. The van der Waals surface area contributed by atoms with Crippen molar-refractivity contribution < 1.29 is 57.3 Å². The molecule has 3 aromatic carbocycles. The van der Waals surface area contributed by atoms with Crippen LogP contribution in [0.25, 0.3) is 0 Å². The zero-order chi connectivity index (χ0) is 56.4. The molecule has 0 bridgehead atoms. The maximum absolute atomic E-state index is 14.9. The van der Waals surface area contributed by atoms with Crippen LogP contribution in [0.3, 0.4) is 0 Å². The fourth-order valence-corrected chi connectivity index (χ4v) is 9.03. The Morgan fingerprint density at radius 3 is 1.08 bits per heavy atom. The van der Waals surface area contributed by atoms with Crippen LogP contribution in [0, 0.1) is 23.7 Å². The molecule has 0 radical (unpaired) electrons. The van der Waals surface area contributed by atoms with Crippen molar-refractivity contribution in [2.75, 3.05) is 28.2 Å². The molecule has 3 aromatic rings. The van der Waals surface area contributed by atoms with Gasteiger partial charge in [0.2, 0.25) is 0 Å². The van der Waals surface area contributed by atoms with Gasteiger partial charge < -0.3 is 43.4 Å². The van der Waals surface area contributed by atoms with E-state index >= 15 is 0 Å². The Labute approximate surface area is 450 Å². The summed E-state index contributed by atoms with van der Waals surface area (Å²) in [5.41, 5.74) is 2.13. The number of likely N-dealkylation sites (N-methyl/N-ethyl adjacent to an activating group) is 4. The smallest absolute Gasteiger partial charge is 0.329 e. The molecule has 8 atom stereocenters. The topological polar surface area (TPSA) is 191 Å². The van der Waals surface area contributed by atoms with Crippen molar-refractivity contribution in [3.8, 4) is 0 Å². The Hall–Kier alpha value is -6.78. The molecule has 17 heteroatoms. The number of rotatable bonds is 15. The van der Waals surface area contributed by atoms with Crippen molar-refractivity contribution in [1.82, 2.24) is 19.6 Å². The maximum atomic E-state index is 14.9. The van der Waals surface area contributed by atoms with Gasteiger partial charge in [0.05, 0.1) is 0 Å². The Morgan fingerprint density at radius 1 is 0.421 bits per heavy atom. The molecule has 1 heterocycles. The van der Waals surface area contributed by atoms with Gasteiger partial charge in [0.15, 0.2) is 30.3 Å². The third kappa shape index (κ3) is 18.2. The molecule has 1 aliphatic rings. The van der Waals surface area contributed by atoms with Gasteiger partial charge >= 0.3 is 23.9 Å². The van der Waals surface area contributed by atoms with Gasteiger partial charge in [0, 0.05) is 41.0 Å². The summed E-state index contributed by atoms with van der Waals surface area (Å²) in [6.07, 6.45) is -5.14. The second-order valence-corrected chi connectivity index (χ2v) is 21.6. The van der Waals surface area contributed by atoms with E-state index in [1.54, 1.807) is 62.5 Å². The molecule has 1 aliphatic heterocycles. The van der Waals surface area contributed by atoms with Gasteiger partial charge in [-0.1, -0.05) is 152 Å². The molecule has 3 amide bonds. The summed E-state index contributed by atoms with van der Waals surface area (Å²) in [7, 11) is 5.88. The molecule has 1 fully saturated rings. The number of amidine groups is 1. The molecule has 17 nitrogen and oxygen atoms in total. The first-order valence-electron chi connectivity index (χ1n) is 26.6. The van der Waals surface area contributed by atoms with Crippen molar-refractivity contribution in [3.05, 3.63) is 108 Å².